The molecule has 1 amide bonds. The lowest BCUT2D eigenvalue weighted by atomic mass is 10.00. The number of fused-ring (bicyclic) bond motifs is 1. The van der Waals surface area contributed by atoms with E-state index in [1.165, 1.54) is 12.1 Å². The molecule has 0 saturated heterocycles. The smallest absolute Gasteiger partial charge is 0.271 e. The van der Waals surface area contributed by atoms with Crippen molar-refractivity contribution in [1.29, 1.82) is 0 Å². The summed E-state index contributed by atoms with van der Waals surface area (Å²) in [7, 11) is 0. The van der Waals surface area contributed by atoms with E-state index in [1.807, 2.05) is 30.3 Å². The highest BCUT2D eigenvalue weighted by atomic mass is 16.6. The summed E-state index contributed by atoms with van der Waals surface area (Å²) in [5.41, 5.74) is 2.66. The van der Waals surface area contributed by atoms with Gasteiger partial charge in [0.1, 0.15) is 0 Å². The maximum atomic E-state index is 12.6. The fourth-order valence-electron chi connectivity index (χ4n) is 2.80. The molecule has 22 heavy (non-hydrogen) atoms. The quantitative estimate of drug-likeness (QED) is 0.645. The number of carbonyl (C=O) groups is 1. The van der Waals surface area contributed by atoms with Gasteiger partial charge in [-0.05, 0) is 24.0 Å². The lowest BCUT2D eigenvalue weighted by Gasteiger charge is -2.29. The van der Waals surface area contributed by atoms with Crippen LogP contribution in [0.1, 0.15) is 17.5 Å². The molecular formula is C17H16N2O3. The average molecular weight is 296 g/mol. The van der Waals surface area contributed by atoms with Crippen molar-refractivity contribution in [2.24, 2.45) is 0 Å². The largest absolute Gasteiger partial charge is 0.312 e. The molecule has 0 saturated carbocycles. The van der Waals surface area contributed by atoms with Crippen molar-refractivity contribution in [2.45, 2.75) is 19.3 Å². The van der Waals surface area contributed by atoms with Crippen molar-refractivity contribution in [3.63, 3.8) is 0 Å². The Morgan fingerprint density at radius 2 is 1.95 bits per heavy atom. The van der Waals surface area contributed by atoms with Gasteiger partial charge in [0.05, 0.1) is 17.0 Å². The van der Waals surface area contributed by atoms with E-state index in [-0.39, 0.29) is 11.6 Å². The molecule has 0 fully saturated rings. The van der Waals surface area contributed by atoms with Gasteiger partial charge in [-0.25, -0.2) is 0 Å². The second-order valence-electron chi connectivity index (χ2n) is 5.38. The number of nitro benzene ring substituents is 1. The van der Waals surface area contributed by atoms with Gasteiger partial charge in [0.15, 0.2) is 0 Å². The number of carbonyl (C=O) groups excluding carboxylic acids is 1. The molecule has 0 aromatic heterocycles. The molecule has 2 aromatic carbocycles. The summed E-state index contributed by atoms with van der Waals surface area (Å²) in [5.74, 6) is -0.0207. The number of aryl methyl sites for hydroxylation is 1. The molecule has 0 atom stereocenters. The highest BCUT2D eigenvalue weighted by molar-refractivity contribution is 5.96. The van der Waals surface area contributed by atoms with Gasteiger partial charge >= 0.3 is 0 Å². The second-order valence-corrected chi connectivity index (χ2v) is 5.38. The highest BCUT2D eigenvalue weighted by Gasteiger charge is 2.24. The molecule has 0 unspecified atom stereocenters. The lowest BCUT2D eigenvalue weighted by Crippen LogP contribution is -2.36. The van der Waals surface area contributed by atoms with Crippen molar-refractivity contribution in [3.05, 3.63) is 69.8 Å². The molecule has 112 valence electrons. The minimum Gasteiger partial charge on any atom is -0.312 e. The van der Waals surface area contributed by atoms with Gasteiger partial charge in [-0.1, -0.05) is 36.4 Å². The Hall–Kier alpha value is -2.69. The Labute approximate surface area is 128 Å². The molecule has 1 heterocycles. The topological polar surface area (TPSA) is 63.5 Å². The number of benzene rings is 2. The molecule has 0 spiro atoms. The first-order valence-corrected chi connectivity index (χ1v) is 7.27. The summed E-state index contributed by atoms with van der Waals surface area (Å²) in [6.07, 6.45) is 2.04. The molecular weight excluding hydrogens is 280 g/mol. The van der Waals surface area contributed by atoms with E-state index in [4.69, 9.17) is 0 Å². The molecule has 2 aromatic rings. The van der Waals surface area contributed by atoms with Gasteiger partial charge in [0, 0.05) is 18.7 Å². The van der Waals surface area contributed by atoms with Crippen LogP contribution in [-0.2, 0) is 17.6 Å². The average Bonchev–Trinajstić information content (AvgIpc) is 2.54. The Morgan fingerprint density at radius 1 is 1.18 bits per heavy atom. The van der Waals surface area contributed by atoms with Crippen LogP contribution in [0.25, 0.3) is 0 Å². The molecule has 0 aliphatic carbocycles. The van der Waals surface area contributed by atoms with E-state index in [0.29, 0.717) is 18.7 Å². The van der Waals surface area contributed by atoms with E-state index < -0.39 is 4.92 Å². The monoisotopic (exact) mass is 296 g/mol. The summed E-state index contributed by atoms with van der Waals surface area (Å²) in [6.45, 7) is 0.611. The van der Waals surface area contributed by atoms with Crippen LogP contribution in [0.15, 0.2) is 48.5 Å². The Kier molecular flexibility index (Phi) is 3.87. The lowest BCUT2D eigenvalue weighted by molar-refractivity contribution is -0.384. The van der Waals surface area contributed by atoms with Crippen LogP contribution in [0.4, 0.5) is 11.4 Å². The summed E-state index contributed by atoms with van der Waals surface area (Å²) >= 11 is 0. The van der Waals surface area contributed by atoms with E-state index in [2.05, 4.69) is 0 Å². The van der Waals surface area contributed by atoms with Gasteiger partial charge in [0.2, 0.25) is 5.91 Å². The number of non-ortho nitro benzene ring substituents is 1. The van der Waals surface area contributed by atoms with Crippen LogP contribution >= 0.6 is 0 Å². The summed E-state index contributed by atoms with van der Waals surface area (Å²) in [6, 6.07) is 14.3. The second kappa shape index (κ2) is 5.97. The number of anilines is 1. The first-order chi connectivity index (χ1) is 10.6. The van der Waals surface area contributed by atoms with E-state index >= 15 is 0 Å². The van der Waals surface area contributed by atoms with Crippen LogP contribution in [0.3, 0.4) is 0 Å². The van der Waals surface area contributed by atoms with Crippen molar-refractivity contribution in [2.75, 3.05) is 11.4 Å². The first-order valence-electron chi connectivity index (χ1n) is 7.27. The van der Waals surface area contributed by atoms with E-state index in [1.54, 1.807) is 11.0 Å². The summed E-state index contributed by atoms with van der Waals surface area (Å²) < 4.78 is 0. The maximum Gasteiger partial charge on any atom is 0.271 e. The molecule has 1 aliphatic rings. The third-order valence-corrected chi connectivity index (χ3v) is 3.90. The van der Waals surface area contributed by atoms with Crippen molar-refractivity contribution < 1.29 is 9.72 Å². The SMILES string of the molecule is O=C(Cc1ccccc1)N1CCCc2ccc([N+](=O)[O-])cc21. The molecule has 0 N–H and O–H groups in total. The van der Waals surface area contributed by atoms with Crippen LogP contribution in [0, 0.1) is 10.1 Å². The van der Waals surface area contributed by atoms with Gasteiger partial charge in [-0.15, -0.1) is 0 Å². The number of nitrogens with zero attached hydrogens (tertiary/aromatic N) is 2. The Bertz CT molecular complexity index is 713. The van der Waals surface area contributed by atoms with Crippen LogP contribution in [0.2, 0.25) is 0 Å². The minimum atomic E-state index is -0.422. The van der Waals surface area contributed by atoms with Gasteiger partial charge in [-0.3, -0.25) is 14.9 Å². The van der Waals surface area contributed by atoms with Crippen molar-refractivity contribution in [1.82, 2.24) is 0 Å². The fraction of sp³-hybridized carbons (Fsp3) is 0.235. The van der Waals surface area contributed by atoms with Crippen LogP contribution < -0.4 is 4.90 Å². The summed E-state index contributed by atoms with van der Waals surface area (Å²) in [5, 5.41) is 11.0. The fourth-order valence-corrected chi connectivity index (χ4v) is 2.80. The van der Waals surface area contributed by atoms with Crippen molar-refractivity contribution in [3.8, 4) is 0 Å². The normalized spacial score (nSPS) is 13.5. The highest BCUT2D eigenvalue weighted by Crippen LogP contribution is 2.31. The summed E-state index contributed by atoms with van der Waals surface area (Å²) in [4.78, 5) is 24.8. The number of hydrogen-bond donors (Lipinski definition) is 0. The van der Waals surface area contributed by atoms with E-state index in [0.717, 1.165) is 24.0 Å². The zero-order valence-electron chi connectivity index (χ0n) is 12.1. The zero-order chi connectivity index (χ0) is 15.5. The number of rotatable bonds is 3. The Morgan fingerprint density at radius 3 is 2.68 bits per heavy atom. The molecule has 5 heteroatoms. The van der Waals surface area contributed by atoms with Gasteiger partial charge in [-0.2, -0.15) is 0 Å². The number of nitro groups is 1. The van der Waals surface area contributed by atoms with Crippen LogP contribution in [-0.4, -0.2) is 17.4 Å². The number of hydrogen-bond acceptors (Lipinski definition) is 3. The number of amides is 1. The molecule has 0 bridgehead atoms. The van der Waals surface area contributed by atoms with Gasteiger partial charge < -0.3 is 4.90 Å². The maximum absolute atomic E-state index is 12.6. The van der Waals surface area contributed by atoms with Crippen molar-refractivity contribution >= 4 is 17.3 Å². The standard InChI is InChI=1S/C17H16N2O3/c20-17(11-13-5-2-1-3-6-13)18-10-4-7-14-8-9-15(19(21)22)12-16(14)18/h1-3,5-6,8-9,12H,4,7,10-11H2. The zero-order valence-corrected chi connectivity index (χ0v) is 12.1. The molecule has 1 aliphatic heterocycles. The van der Waals surface area contributed by atoms with E-state index in [9.17, 15) is 14.9 Å². The third-order valence-electron chi connectivity index (χ3n) is 3.90. The van der Waals surface area contributed by atoms with Gasteiger partial charge in [0.25, 0.3) is 5.69 Å². The first kappa shape index (κ1) is 14.3. The van der Waals surface area contributed by atoms with Crippen LogP contribution in [0.5, 0.6) is 0 Å². The molecule has 3 rings (SSSR count). The minimum absolute atomic E-state index is 0.0207. The third kappa shape index (κ3) is 2.83. The predicted molar refractivity (Wildman–Crippen MR) is 83.9 cm³/mol. The molecule has 5 nitrogen and oxygen atoms in total. The molecule has 0 radical (unpaired) electrons. The predicted octanol–water partition coefficient (Wildman–Crippen LogP) is 3.12. The Balaban J connectivity index is 1.88.